The SMILES string of the molecule is COc1cc(Cl)ccc1Oc1ccc(C)cc1CC(=O)O. The van der Waals surface area contributed by atoms with E-state index in [9.17, 15) is 4.79 Å². The van der Waals surface area contributed by atoms with E-state index in [4.69, 9.17) is 26.2 Å². The predicted octanol–water partition coefficient (Wildman–Crippen LogP) is 4.08. The third-order valence-corrected chi connectivity index (χ3v) is 3.14. The van der Waals surface area contributed by atoms with E-state index >= 15 is 0 Å². The lowest BCUT2D eigenvalue weighted by Crippen LogP contribution is -2.02. The lowest BCUT2D eigenvalue weighted by Gasteiger charge is -2.13. The van der Waals surface area contributed by atoms with Crippen LogP contribution in [0.1, 0.15) is 11.1 Å². The molecule has 0 amide bonds. The van der Waals surface area contributed by atoms with E-state index in [1.807, 2.05) is 13.0 Å². The number of carboxylic acid groups (broad SMARTS) is 1. The van der Waals surface area contributed by atoms with Gasteiger partial charge in [0, 0.05) is 16.7 Å². The Bertz CT molecular complexity index is 667. The molecule has 0 heterocycles. The Balaban J connectivity index is 2.37. The van der Waals surface area contributed by atoms with E-state index in [2.05, 4.69) is 0 Å². The molecule has 0 aromatic heterocycles. The summed E-state index contributed by atoms with van der Waals surface area (Å²) in [6.07, 6.45) is -0.104. The van der Waals surface area contributed by atoms with Crippen molar-refractivity contribution in [3.8, 4) is 17.2 Å². The second kappa shape index (κ2) is 6.50. The molecule has 0 saturated heterocycles. The van der Waals surface area contributed by atoms with Crippen LogP contribution in [0.25, 0.3) is 0 Å². The topological polar surface area (TPSA) is 55.8 Å². The molecule has 0 aliphatic rings. The van der Waals surface area contributed by atoms with Crippen molar-refractivity contribution >= 4 is 17.6 Å². The molecule has 0 radical (unpaired) electrons. The number of benzene rings is 2. The molecule has 110 valence electrons. The molecule has 0 aliphatic carbocycles. The predicted molar refractivity (Wildman–Crippen MR) is 80.6 cm³/mol. The van der Waals surface area contributed by atoms with Crippen molar-refractivity contribution in [2.45, 2.75) is 13.3 Å². The summed E-state index contributed by atoms with van der Waals surface area (Å²) >= 11 is 5.91. The van der Waals surface area contributed by atoms with Crippen molar-refractivity contribution in [2.75, 3.05) is 7.11 Å². The van der Waals surface area contributed by atoms with Gasteiger partial charge >= 0.3 is 5.97 Å². The summed E-state index contributed by atoms with van der Waals surface area (Å²) in [4.78, 5) is 11.0. The monoisotopic (exact) mass is 306 g/mol. The minimum atomic E-state index is -0.909. The zero-order chi connectivity index (χ0) is 15.4. The van der Waals surface area contributed by atoms with Crippen molar-refractivity contribution in [3.05, 3.63) is 52.5 Å². The zero-order valence-corrected chi connectivity index (χ0v) is 12.5. The number of aliphatic carboxylic acids is 1. The first-order valence-corrected chi connectivity index (χ1v) is 6.70. The van der Waals surface area contributed by atoms with Gasteiger partial charge in [-0.1, -0.05) is 29.3 Å². The molecule has 5 heteroatoms. The van der Waals surface area contributed by atoms with Crippen LogP contribution in [0.3, 0.4) is 0 Å². The van der Waals surface area contributed by atoms with E-state index in [1.165, 1.54) is 7.11 Å². The number of hydrogen-bond donors (Lipinski definition) is 1. The summed E-state index contributed by atoms with van der Waals surface area (Å²) in [6, 6.07) is 10.4. The lowest BCUT2D eigenvalue weighted by atomic mass is 10.1. The maximum Gasteiger partial charge on any atom is 0.307 e. The highest BCUT2D eigenvalue weighted by molar-refractivity contribution is 6.30. The maximum absolute atomic E-state index is 11.0. The number of ether oxygens (including phenoxy) is 2. The maximum atomic E-state index is 11.0. The Labute approximate surface area is 127 Å². The molecule has 0 aliphatic heterocycles. The van der Waals surface area contributed by atoms with Gasteiger partial charge < -0.3 is 14.6 Å². The van der Waals surface area contributed by atoms with Crippen molar-refractivity contribution in [3.63, 3.8) is 0 Å². The molecule has 0 spiro atoms. The summed E-state index contributed by atoms with van der Waals surface area (Å²) in [7, 11) is 1.52. The molecule has 21 heavy (non-hydrogen) atoms. The minimum absolute atomic E-state index is 0.104. The fourth-order valence-electron chi connectivity index (χ4n) is 1.95. The highest BCUT2D eigenvalue weighted by atomic mass is 35.5. The van der Waals surface area contributed by atoms with Gasteiger partial charge in [-0.15, -0.1) is 0 Å². The fourth-order valence-corrected chi connectivity index (χ4v) is 2.12. The third kappa shape index (κ3) is 3.89. The number of hydrogen-bond acceptors (Lipinski definition) is 3. The Hall–Kier alpha value is -2.20. The van der Waals surface area contributed by atoms with Crippen LogP contribution in [0.15, 0.2) is 36.4 Å². The van der Waals surface area contributed by atoms with Gasteiger partial charge in [-0.05, 0) is 25.1 Å². The molecule has 2 aromatic rings. The van der Waals surface area contributed by atoms with Crippen LogP contribution in [0.2, 0.25) is 5.02 Å². The van der Waals surface area contributed by atoms with Gasteiger partial charge in [0.15, 0.2) is 11.5 Å². The first-order chi connectivity index (χ1) is 9.99. The summed E-state index contributed by atoms with van der Waals surface area (Å²) in [5.74, 6) is 0.555. The summed E-state index contributed by atoms with van der Waals surface area (Å²) in [5.41, 5.74) is 1.58. The van der Waals surface area contributed by atoms with Gasteiger partial charge in [0.1, 0.15) is 5.75 Å². The van der Waals surface area contributed by atoms with E-state index in [-0.39, 0.29) is 6.42 Å². The van der Waals surface area contributed by atoms with Gasteiger partial charge in [-0.3, -0.25) is 4.79 Å². The van der Waals surface area contributed by atoms with Crippen LogP contribution < -0.4 is 9.47 Å². The van der Waals surface area contributed by atoms with Crippen LogP contribution >= 0.6 is 11.6 Å². The van der Waals surface area contributed by atoms with Crippen molar-refractivity contribution in [1.82, 2.24) is 0 Å². The summed E-state index contributed by atoms with van der Waals surface area (Å²) < 4.78 is 11.0. The molecule has 4 nitrogen and oxygen atoms in total. The first kappa shape index (κ1) is 15.2. The third-order valence-electron chi connectivity index (χ3n) is 2.90. The second-order valence-corrected chi connectivity index (χ2v) is 5.02. The van der Waals surface area contributed by atoms with E-state index in [0.717, 1.165) is 5.56 Å². The Morgan fingerprint density at radius 1 is 1.14 bits per heavy atom. The van der Waals surface area contributed by atoms with Crippen LogP contribution in [-0.2, 0) is 11.2 Å². The highest BCUT2D eigenvalue weighted by Crippen LogP contribution is 2.35. The summed E-state index contributed by atoms with van der Waals surface area (Å²) in [5, 5.41) is 9.52. The average molecular weight is 307 g/mol. The number of carbonyl (C=O) groups is 1. The zero-order valence-electron chi connectivity index (χ0n) is 11.7. The molecule has 0 bridgehead atoms. The van der Waals surface area contributed by atoms with Crippen LogP contribution in [0, 0.1) is 6.92 Å². The van der Waals surface area contributed by atoms with Gasteiger partial charge in [-0.2, -0.15) is 0 Å². The molecule has 0 unspecified atom stereocenters. The largest absolute Gasteiger partial charge is 0.493 e. The Morgan fingerprint density at radius 3 is 2.52 bits per heavy atom. The number of halogens is 1. The smallest absolute Gasteiger partial charge is 0.307 e. The molecular weight excluding hydrogens is 292 g/mol. The van der Waals surface area contributed by atoms with E-state index < -0.39 is 5.97 Å². The summed E-state index contributed by atoms with van der Waals surface area (Å²) in [6.45, 7) is 1.90. The molecule has 0 saturated carbocycles. The highest BCUT2D eigenvalue weighted by Gasteiger charge is 2.12. The van der Waals surface area contributed by atoms with Crippen molar-refractivity contribution < 1.29 is 19.4 Å². The Morgan fingerprint density at radius 2 is 1.86 bits per heavy atom. The number of rotatable bonds is 5. The molecule has 2 rings (SSSR count). The van der Waals surface area contributed by atoms with Gasteiger partial charge in [-0.25, -0.2) is 0 Å². The average Bonchev–Trinajstić information content (AvgIpc) is 2.42. The van der Waals surface area contributed by atoms with Gasteiger partial charge in [0.25, 0.3) is 0 Å². The molecule has 1 N–H and O–H groups in total. The van der Waals surface area contributed by atoms with Crippen LogP contribution in [0.5, 0.6) is 17.2 Å². The van der Waals surface area contributed by atoms with Gasteiger partial charge in [0.2, 0.25) is 0 Å². The fraction of sp³-hybridized carbons (Fsp3) is 0.188. The minimum Gasteiger partial charge on any atom is -0.493 e. The quantitative estimate of drug-likeness (QED) is 0.904. The van der Waals surface area contributed by atoms with Crippen LogP contribution in [0.4, 0.5) is 0 Å². The van der Waals surface area contributed by atoms with E-state index in [0.29, 0.717) is 27.8 Å². The van der Waals surface area contributed by atoms with Crippen LogP contribution in [-0.4, -0.2) is 18.2 Å². The molecule has 2 aromatic carbocycles. The number of methoxy groups -OCH3 is 1. The number of carboxylic acids is 1. The van der Waals surface area contributed by atoms with Crippen molar-refractivity contribution in [2.24, 2.45) is 0 Å². The van der Waals surface area contributed by atoms with Gasteiger partial charge in [0.05, 0.1) is 13.5 Å². The molecule has 0 atom stereocenters. The van der Waals surface area contributed by atoms with Crippen molar-refractivity contribution in [1.29, 1.82) is 0 Å². The lowest BCUT2D eigenvalue weighted by molar-refractivity contribution is -0.136. The van der Waals surface area contributed by atoms with E-state index in [1.54, 1.807) is 30.3 Å². The molecular formula is C16H15ClO4. The first-order valence-electron chi connectivity index (χ1n) is 6.32. The second-order valence-electron chi connectivity index (χ2n) is 4.58. The molecule has 0 fully saturated rings. The number of aryl methyl sites for hydroxylation is 1. The Kier molecular flexibility index (Phi) is 4.70. The standard InChI is InChI=1S/C16H15ClO4/c1-10-3-5-13(11(7-10)8-16(18)19)21-14-6-4-12(17)9-15(14)20-2/h3-7,9H,8H2,1-2H3,(H,18,19). The normalized spacial score (nSPS) is 10.2.